The van der Waals surface area contributed by atoms with Crippen LogP contribution in [0.5, 0.6) is 12.0 Å². The summed E-state index contributed by atoms with van der Waals surface area (Å²) in [6.45, 7) is 12.5. The van der Waals surface area contributed by atoms with Gasteiger partial charge in [0.1, 0.15) is 5.82 Å². The predicted octanol–water partition coefficient (Wildman–Crippen LogP) is 6.26. The first-order valence-electron chi connectivity index (χ1n) is 21.5. The molecule has 70 heavy (non-hydrogen) atoms. The van der Waals surface area contributed by atoms with Crippen LogP contribution in [0.2, 0.25) is 5.28 Å². The van der Waals surface area contributed by atoms with Crippen molar-refractivity contribution >= 4 is 54.1 Å². The number of aromatic nitrogens is 8. The average Bonchev–Trinajstić information content (AvgIpc) is 3.52. The van der Waals surface area contributed by atoms with E-state index in [1.807, 2.05) is 46.4 Å². The van der Waals surface area contributed by atoms with E-state index in [2.05, 4.69) is 44.9 Å². The van der Waals surface area contributed by atoms with Gasteiger partial charge in [0.15, 0.2) is 24.9 Å². The van der Waals surface area contributed by atoms with Crippen LogP contribution in [0.1, 0.15) is 65.5 Å². The molecule has 0 aliphatic carbocycles. The molecule has 0 radical (unpaired) electrons. The molecule has 19 nitrogen and oxygen atoms in total. The van der Waals surface area contributed by atoms with Gasteiger partial charge in [-0.15, -0.1) is 0 Å². The highest BCUT2D eigenvalue weighted by atomic mass is 35.5. The maximum Gasteiger partial charge on any atom is 0.496 e. The molecule has 0 amide bonds. The third-order valence-corrected chi connectivity index (χ3v) is 10.8. The number of aliphatic imine (C=N–C) groups is 1. The molecule has 29 heteroatoms. The summed E-state index contributed by atoms with van der Waals surface area (Å²) in [5.74, 6) is 0.372. The molecule has 7 heterocycles. The molecular weight excluding hydrogens is 969 g/mol. The van der Waals surface area contributed by atoms with E-state index in [0.717, 1.165) is 12.3 Å². The van der Waals surface area contributed by atoms with E-state index in [1.165, 1.54) is 18.6 Å². The molecule has 7 rings (SSSR count). The molecule has 2 atom stereocenters. The molecule has 0 bridgehead atoms. The number of halogens is 9. The first-order chi connectivity index (χ1) is 32.9. The fourth-order valence-electron chi connectivity index (χ4n) is 6.42. The molecule has 3 fully saturated rings. The van der Waals surface area contributed by atoms with Gasteiger partial charge in [0.2, 0.25) is 17.2 Å². The van der Waals surface area contributed by atoms with E-state index in [0.29, 0.717) is 45.5 Å². The van der Waals surface area contributed by atoms with Gasteiger partial charge < -0.3 is 48.7 Å². The van der Waals surface area contributed by atoms with Crippen LogP contribution in [-0.4, -0.2) is 161 Å². The summed E-state index contributed by atoms with van der Waals surface area (Å²) in [6, 6.07) is 1.64. The van der Waals surface area contributed by atoms with Crippen LogP contribution in [-0.2, 0) is 18.8 Å². The zero-order chi connectivity index (χ0) is 51.5. The Hall–Kier alpha value is -5.58. The number of rotatable bonds is 14. The minimum Gasteiger partial charge on any atom is -0.457 e. The standard InChI is InChI=1S/C16H18F4N6O2.C15H22BF2N3O2.C10H13ClF2N4O2/c1-8-6-27-3-2-26(8)15-23-14(24-16(25-15)28-7-11(17)18)10-5-22-12(21)4-9(10)13(19)20;1-14(2)15(3,4)23-16(22-14)11-8-19-12(20-9-21(5)6)7-10(11)13(17)18;1-6-4-18-3-2-17(6)9-14-8(11)15-10(16-9)19-5-7(12)13/h4-5,8,11,13H,2-3,6-7H2,1H3,(H2,21,22);7-9,13H,1-6H3;6-7H,2-5H2,1H3/t8-;;6-/m1.1/s1. The fraction of sp³-hybridized carbons (Fsp3) is 0.585. The summed E-state index contributed by atoms with van der Waals surface area (Å²) < 4.78 is 135. The van der Waals surface area contributed by atoms with Crippen LogP contribution in [0.15, 0.2) is 29.5 Å². The number of hydrogen-bond acceptors (Lipinski definition) is 18. The second kappa shape index (κ2) is 24.5. The van der Waals surface area contributed by atoms with E-state index in [9.17, 15) is 35.1 Å². The van der Waals surface area contributed by atoms with Crippen molar-refractivity contribution in [3.63, 3.8) is 0 Å². The third-order valence-electron chi connectivity index (χ3n) is 10.7. The van der Waals surface area contributed by atoms with Crippen molar-refractivity contribution in [1.29, 1.82) is 0 Å². The van der Waals surface area contributed by atoms with Crippen LogP contribution < -0.4 is 30.5 Å². The number of nitrogens with zero attached hydrogens (tertiary/aromatic N) is 12. The van der Waals surface area contributed by atoms with Gasteiger partial charge in [-0.05, 0) is 65.3 Å². The Morgan fingerprint density at radius 2 is 1.30 bits per heavy atom. The Morgan fingerprint density at radius 3 is 1.80 bits per heavy atom. The summed E-state index contributed by atoms with van der Waals surface area (Å²) in [5, 5.41) is -0.0899. The Labute approximate surface area is 403 Å². The molecule has 2 N–H and O–H groups in total. The molecule has 0 aromatic carbocycles. The third kappa shape index (κ3) is 15.2. The Bertz CT molecular complexity index is 2360. The van der Waals surface area contributed by atoms with Crippen molar-refractivity contribution in [3.8, 4) is 23.4 Å². The minimum absolute atomic E-state index is 0.0650. The van der Waals surface area contributed by atoms with Crippen LogP contribution in [0.4, 0.5) is 58.7 Å². The highest BCUT2D eigenvalue weighted by molar-refractivity contribution is 6.62. The van der Waals surface area contributed by atoms with Gasteiger partial charge in [-0.3, -0.25) is 0 Å². The molecule has 4 aromatic rings. The van der Waals surface area contributed by atoms with Gasteiger partial charge in [0.25, 0.3) is 25.7 Å². The van der Waals surface area contributed by atoms with Gasteiger partial charge in [0.05, 0.1) is 56.1 Å². The van der Waals surface area contributed by atoms with E-state index >= 15 is 0 Å². The molecule has 3 saturated heterocycles. The van der Waals surface area contributed by atoms with Crippen LogP contribution in [0, 0.1) is 0 Å². The minimum atomic E-state index is -2.87. The van der Waals surface area contributed by atoms with Crippen molar-refractivity contribution < 1.29 is 63.4 Å². The number of nitrogens with two attached hydrogens (primary N) is 1. The van der Waals surface area contributed by atoms with Crippen molar-refractivity contribution in [1.82, 2.24) is 44.8 Å². The largest absolute Gasteiger partial charge is 0.496 e. The number of pyridine rings is 2. The lowest BCUT2D eigenvalue weighted by Crippen LogP contribution is -2.44. The van der Waals surface area contributed by atoms with Gasteiger partial charge in [-0.2, -0.15) is 29.9 Å². The zero-order valence-electron chi connectivity index (χ0n) is 39.4. The van der Waals surface area contributed by atoms with Crippen LogP contribution >= 0.6 is 11.6 Å². The molecule has 3 aliphatic heterocycles. The van der Waals surface area contributed by atoms with Crippen LogP contribution in [0.25, 0.3) is 11.4 Å². The SMILES string of the molecule is CN(C)C=Nc1cc(C(F)F)c(B2OC(C)(C)C(C)(C)O2)cn1.C[C@@H]1COCCN1c1nc(Cl)nc(OCC(F)F)n1.C[C@@H]1COCCN1c1nc(OCC(F)F)nc(-c2cnc(N)cc2C(F)F)n1. The van der Waals surface area contributed by atoms with Gasteiger partial charge in [-0.1, -0.05) is 0 Å². The second-order valence-electron chi connectivity index (χ2n) is 16.8. The normalized spacial score (nSPS) is 18.8. The summed E-state index contributed by atoms with van der Waals surface area (Å²) in [4.78, 5) is 41.1. The maximum absolute atomic E-state index is 13.5. The molecule has 0 unspecified atom stereocenters. The highest BCUT2D eigenvalue weighted by Crippen LogP contribution is 2.38. The van der Waals surface area contributed by atoms with Crippen molar-refractivity contribution in [2.24, 2.45) is 4.99 Å². The van der Waals surface area contributed by atoms with Gasteiger partial charge >= 0.3 is 19.1 Å². The Balaban J connectivity index is 0.000000199. The van der Waals surface area contributed by atoms with Gasteiger partial charge in [-0.25, -0.2) is 50.1 Å². The van der Waals surface area contributed by atoms with E-state index in [4.69, 9.17) is 45.6 Å². The lowest BCUT2D eigenvalue weighted by molar-refractivity contribution is 0.00578. The predicted molar refractivity (Wildman–Crippen MR) is 242 cm³/mol. The fourth-order valence-corrected chi connectivity index (χ4v) is 6.57. The Morgan fingerprint density at radius 1 is 0.771 bits per heavy atom. The number of morpholine rings is 2. The van der Waals surface area contributed by atoms with Crippen LogP contribution in [0.3, 0.4) is 0 Å². The molecule has 3 aliphatic rings. The summed E-state index contributed by atoms with van der Waals surface area (Å²) in [5.41, 5.74) is 3.84. The molecular formula is C41H53BClF8N13O6. The van der Waals surface area contributed by atoms with Crippen molar-refractivity contribution in [3.05, 3.63) is 40.9 Å². The lowest BCUT2D eigenvalue weighted by Gasteiger charge is -2.33. The Kier molecular flexibility index (Phi) is 19.4. The van der Waals surface area contributed by atoms with E-state index in [-0.39, 0.29) is 63.4 Å². The van der Waals surface area contributed by atoms with Gasteiger partial charge in [0, 0.05) is 61.7 Å². The molecule has 0 saturated carbocycles. The second-order valence-corrected chi connectivity index (χ2v) is 17.2. The maximum atomic E-state index is 13.5. The first-order valence-corrected chi connectivity index (χ1v) is 21.9. The topological polar surface area (TPSA) is 207 Å². The lowest BCUT2D eigenvalue weighted by atomic mass is 9.77. The van der Waals surface area contributed by atoms with Crippen molar-refractivity contribution in [2.45, 2.75) is 90.5 Å². The monoisotopic (exact) mass is 1020 g/mol. The smallest absolute Gasteiger partial charge is 0.457 e. The number of nitrogen functional groups attached to an aromatic ring is 1. The van der Waals surface area contributed by atoms with E-state index < -0.39 is 68.8 Å². The quantitative estimate of drug-likeness (QED) is 0.0641. The number of ether oxygens (including phenoxy) is 4. The van der Waals surface area contributed by atoms with E-state index in [1.54, 1.807) is 23.9 Å². The highest BCUT2D eigenvalue weighted by Gasteiger charge is 2.52. The van der Waals surface area contributed by atoms with Crippen molar-refractivity contribution in [2.75, 3.05) is 82.4 Å². The number of hydrogen-bond donors (Lipinski definition) is 1. The summed E-state index contributed by atoms with van der Waals surface area (Å²) in [7, 11) is 2.70. The molecule has 4 aromatic heterocycles. The average molecular weight is 1020 g/mol. The molecule has 384 valence electrons. The number of anilines is 3. The number of alkyl halides is 8. The first kappa shape index (κ1) is 55.4. The summed E-state index contributed by atoms with van der Waals surface area (Å²) >= 11 is 5.74. The zero-order valence-corrected chi connectivity index (χ0v) is 40.1. The summed E-state index contributed by atoms with van der Waals surface area (Å²) in [6.07, 6.45) is -6.91. The molecule has 0 spiro atoms.